The third-order valence-electron chi connectivity index (χ3n) is 2.30. The molecule has 0 aromatic carbocycles. The third-order valence-corrected chi connectivity index (χ3v) is 5.81. The van der Waals surface area contributed by atoms with Crippen LogP contribution in [0.4, 0.5) is 0 Å². The first-order valence-electron chi connectivity index (χ1n) is 4.19. The van der Waals surface area contributed by atoms with Crippen molar-refractivity contribution in [2.24, 2.45) is 11.3 Å². The minimum atomic E-state index is 0.0403. The maximum atomic E-state index is 8.82. The van der Waals surface area contributed by atoms with Gasteiger partial charge in [0.15, 0.2) is 5.08 Å². The summed E-state index contributed by atoms with van der Waals surface area (Å²) < 4.78 is 0. The number of rotatable bonds is 0. The van der Waals surface area contributed by atoms with Crippen molar-refractivity contribution in [3.05, 3.63) is 0 Å². The second-order valence-corrected chi connectivity index (χ2v) is 7.49. The molecule has 1 aliphatic rings. The lowest BCUT2D eigenvalue weighted by atomic mass is 9.83. The van der Waals surface area contributed by atoms with Crippen LogP contribution in [0.5, 0.6) is 0 Å². The van der Waals surface area contributed by atoms with Crippen LogP contribution >= 0.6 is 11.8 Å². The van der Waals surface area contributed by atoms with E-state index in [2.05, 4.69) is 26.2 Å². The van der Waals surface area contributed by atoms with Gasteiger partial charge in [0, 0.05) is 11.7 Å². The lowest BCUT2D eigenvalue weighted by Gasteiger charge is -2.30. The molecule has 0 aliphatic carbocycles. The number of thioether (sulfide) groups is 1. The van der Waals surface area contributed by atoms with Crippen LogP contribution in [0.1, 0.15) is 20.8 Å². The smallest absolute Gasteiger partial charge is 0.136 e. The van der Waals surface area contributed by atoms with E-state index in [-0.39, 0.29) is 10.9 Å². The predicted octanol–water partition coefficient (Wildman–Crippen LogP) is 2.45. The highest BCUT2D eigenvalue weighted by atomic mass is 32.2. The quantitative estimate of drug-likeness (QED) is 0.445. The van der Waals surface area contributed by atoms with Gasteiger partial charge < -0.3 is 0 Å². The highest BCUT2D eigenvalue weighted by molar-refractivity contribution is 8.17. The molecule has 12 heavy (non-hydrogen) atoms. The Morgan fingerprint density at radius 2 is 2.17 bits per heavy atom. The lowest BCUT2D eigenvalue weighted by Crippen LogP contribution is -2.33. The fourth-order valence-corrected chi connectivity index (χ4v) is 5.21. The number of hydrogen-bond acceptors (Lipinski definition) is 2. The summed E-state index contributed by atoms with van der Waals surface area (Å²) in [4.78, 5) is 0. The molecule has 0 aromatic heterocycles. The summed E-state index contributed by atoms with van der Waals surface area (Å²) >= 11 is 1.95. The van der Waals surface area contributed by atoms with Crippen LogP contribution in [0.25, 0.3) is 0 Å². The SMILES string of the molecule is CC(C)(C)C1CSC[S+](C#N)C1. The first-order valence-corrected chi connectivity index (χ1v) is 6.91. The minimum Gasteiger partial charge on any atom is -0.136 e. The van der Waals surface area contributed by atoms with E-state index < -0.39 is 0 Å². The highest BCUT2D eigenvalue weighted by Crippen LogP contribution is 2.34. The molecule has 1 heterocycles. The van der Waals surface area contributed by atoms with Gasteiger partial charge in [0.05, 0.1) is 0 Å². The molecular formula is C9H16NS2+. The van der Waals surface area contributed by atoms with Gasteiger partial charge >= 0.3 is 5.40 Å². The van der Waals surface area contributed by atoms with E-state index in [9.17, 15) is 0 Å². The number of nitrogens with zero attached hydrogens (tertiary/aromatic N) is 1. The fraction of sp³-hybridized carbons (Fsp3) is 0.889. The van der Waals surface area contributed by atoms with E-state index in [4.69, 9.17) is 5.26 Å². The van der Waals surface area contributed by atoms with Crippen molar-refractivity contribution in [2.45, 2.75) is 20.8 Å². The molecule has 0 N–H and O–H groups in total. The molecule has 1 nitrogen and oxygen atoms in total. The Hall–Kier alpha value is 0.190. The number of thiocyanates is 1. The average Bonchev–Trinajstić information content (AvgIpc) is 2.03. The van der Waals surface area contributed by atoms with Crippen molar-refractivity contribution in [3.8, 4) is 5.40 Å². The minimum absolute atomic E-state index is 0.0403. The topological polar surface area (TPSA) is 23.8 Å². The van der Waals surface area contributed by atoms with Crippen molar-refractivity contribution in [2.75, 3.05) is 16.6 Å². The maximum absolute atomic E-state index is 8.82. The van der Waals surface area contributed by atoms with Gasteiger partial charge in [0.2, 0.25) is 0 Å². The first kappa shape index (κ1) is 10.3. The summed E-state index contributed by atoms with van der Waals surface area (Å²) in [6.45, 7) is 6.84. The molecule has 1 fully saturated rings. The molecule has 0 spiro atoms. The van der Waals surface area contributed by atoms with Crippen molar-refractivity contribution < 1.29 is 0 Å². The summed E-state index contributed by atoms with van der Waals surface area (Å²) in [6, 6.07) is 0. The van der Waals surface area contributed by atoms with Gasteiger partial charge in [-0.15, -0.1) is 17.0 Å². The third kappa shape index (κ3) is 2.60. The molecule has 0 bridgehead atoms. The molecule has 0 radical (unpaired) electrons. The fourth-order valence-electron chi connectivity index (χ4n) is 1.19. The molecule has 1 saturated heterocycles. The highest BCUT2D eigenvalue weighted by Gasteiger charge is 2.36. The zero-order valence-electron chi connectivity index (χ0n) is 7.96. The van der Waals surface area contributed by atoms with Gasteiger partial charge in [-0.25, -0.2) is 0 Å². The van der Waals surface area contributed by atoms with Crippen molar-refractivity contribution >= 4 is 22.7 Å². The zero-order valence-corrected chi connectivity index (χ0v) is 9.60. The Morgan fingerprint density at radius 1 is 1.50 bits per heavy atom. The number of nitriles is 1. The van der Waals surface area contributed by atoms with Crippen LogP contribution in [0.3, 0.4) is 0 Å². The molecule has 68 valence electrons. The van der Waals surface area contributed by atoms with E-state index in [1.54, 1.807) is 0 Å². The summed E-state index contributed by atoms with van der Waals surface area (Å²) in [5.41, 5.74) is 0.384. The van der Waals surface area contributed by atoms with E-state index in [1.807, 2.05) is 11.8 Å². The van der Waals surface area contributed by atoms with Gasteiger partial charge in [-0.1, -0.05) is 20.8 Å². The van der Waals surface area contributed by atoms with Crippen molar-refractivity contribution in [1.29, 1.82) is 5.26 Å². The van der Waals surface area contributed by atoms with Gasteiger partial charge in [0.25, 0.3) is 0 Å². The van der Waals surface area contributed by atoms with Crippen molar-refractivity contribution in [3.63, 3.8) is 0 Å². The largest absolute Gasteiger partial charge is 0.319 e. The monoisotopic (exact) mass is 202 g/mol. The van der Waals surface area contributed by atoms with Crippen LogP contribution in [-0.4, -0.2) is 16.6 Å². The normalized spacial score (nSPS) is 31.2. The van der Waals surface area contributed by atoms with Crippen LogP contribution in [0.2, 0.25) is 0 Å². The van der Waals surface area contributed by atoms with Gasteiger partial charge in [0.1, 0.15) is 16.6 Å². The Labute approximate surface area is 82.3 Å². The molecule has 0 saturated carbocycles. The standard InChI is InChI=1S/C9H16NS2/c1-9(2,3)8-4-11-7-12(5-8)6-10/h8H,4-5,7H2,1-3H3/q+1. The molecule has 1 aliphatic heterocycles. The van der Waals surface area contributed by atoms with Crippen LogP contribution in [0.15, 0.2) is 0 Å². The molecule has 2 atom stereocenters. The summed E-state index contributed by atoms with van der Waals surface area (Å²) in [7, 11) is 0.0403. The molecule has 0 aromatic rings. The van der Waals surface area contributed by atoms with E-state index in [0.29, 0.717) is 5.41 Å². The second-order valence-electron chi connectivity index (χ2n) is 4.30. The van der Waals surface area contributed by atoms with E-state index in [0.717, 1.165) is 16.8 Å². The first-order chi connectivity index (χ1) is 5.54. The second kappa shape index (κ2) is 3.93. The zero-order chi connectivity index (χ0) is 9.19. The maximum Gasteiger partial charge on any atom is 0.319 e. The van der Waals surface area contributed by atoms with Crippen molar-refractivity contribution in [1.82, 2.24) is 0 Å². The average molecular weight is 202 g/mol. The van der Waals surface area contributed by atoms with Crippen LogP contribution < -0.4 is 0 Å². The Kier molecular flexibility index (Phi) is 3.37. The Morgan fingerprint density at radius 3 is 2.67 bits per heavy atom. The molecule has 2 unspecified atom stereocenters. The molecule has 1 rings (SSSR count). The van der Waals surface area contributed by atoms with E-state index >= 15 is 0 Å². The number of hydrogen-bond donors (Lipinski definition) is 0. The van der Waals surface area contributed by atoms with Crippen LogP contribution in [0, 0.1) is 22.0 Å². The molecule has 0 amide bonds. The van der Waals surface area contributed by atoms with Crippen LogP contribution in [-0.2, 0) is 10.9 Å². The molecular weight excluding hydrogens is 186 g/mol. The van der Waals surface area contributed by atoms with E-state index in [1.165, 1.54) is 5.75 Å². The van der Waals surface area contributed by atoms with Gasteiger partial charge in [-0.3, -0.25) is 0 Å². The Balaban J connectivity index is 2.53. The predicted molar refractivity (Wildman–Crippen MR) is 58.1 cm³/mol. The van der Waals surface area contributed by atoms with Gasteiger partial charge in [-0.05, 0) is 5.41 Å². The lowest BCUT2D eigenvalue weighted by molar-refractivity contribution is 0.292. The summed E-state index contributed by atoms with van der Waals surface area (Å²) in [6.07, 6.45) is 0. The summed E-state index contributed by atoms with van der Waals surface area (Å²) in [5, 5.41) is 12.3. The van der Waals surface area contributed by atoms with Gasteiger partial charge in [-0.2, -0.15) is 0 Å². The summed E-state index contributed by atoms with van der Waals surface area (Å²) in [5.74, 6) is 3.11. The molecule has 3 heteroatoms. The Bertz CT molecular complexity index is 190.